The van der Waals surface area contributed by atoms with E-state index < -0.39 is 79.7 Å². The predicted octanol–water partition coefficient (Wildman–Crippen LogP) is 4.86. The van der Waals surface area contributed by atoms with Crippen LogP contribution in [0.25, 0.3) is 44.7 Å². The number of benzene rings is 3. The van der Waals surface area contributed by atoms with Gasteiger partial charge in [0, 0.05) is 23.3 Å². The Hall–Kier alpha value is -4.48. The van der Waals surface area contributed by atoms with Crippen molar-refractivity contribution in [2.24, 2.45) is 0 Å². The highest BCUT2D eigenvalue weighted by Gasteiger charge is 2.21. The van der Waals surface area contributed by atoms with Crippen LogP contribution in [-0.4, -0.2) is 9.97 Å². The van der Waals surface area contributed by atoms with Crippen molar-refractivity contribution in [1.29, 1.82) is 0 Å². The lowest BCUT2D eigenvalue weighted by atomic mass is 10.1. The molecule has 170 valence electrons. The fourth-order valence-corrected chi connectivity index (χ4v) is 3.29. The third-order valence-corrected chi connectivity index (χ3v) is 4.88. The average Bonchev–Trinajstić information content (AvgIpc) is 2.80. The van der Waals surface area contributed by atoms with Crippen molar-refractivity contribution < 1.29 is 35.2 Å². The van der Waals surface area contributed by atoms with Gasteiger partial charge in [0.2, 0.25) is 11.8 Å². The number of hydrogen-bond acceptors (Lipinski definition) is 6. The maximum atomic E-state index is 14.1. The highest BCUT2D eigenvalue weighted by molar-refractivity contribution is 5.81. The molecule has 0 atom stereocenters. The quantitative estimate of drug-likeness (QED) is 0.267. The zero-order valence-electron chi connectivity index (χ0n) is 16.3. The largest absolute Gasteiger partial charge is 0.403 e. The first-order valence-electron chi connectivity index (χ1n) is 9.23. The van der Waals surface area contributed by atoms with Crippen LogP contribution < -0.4 is 11.3 Å². The molecule has 12 heteroatoms. The third kappa shape index (κ3) is 3.22. The topological polar surface area (TPSA) is 86.2 Å². The van der Waals surface area contributed by atoms with Gasteiger partial charge in [-0.1, -0.05) is 0 Å². The van der Waals surface area contributed by atoms with Gasteiger partial charge in [0.15, 0.2) is 34.9 Å². The Morgan fingerprint density at radius 1 is 0.559 bits per heavy atom. The molecule has 0 bridgehead atoms. The maximum Gasteiger partial charge on any atom is 0.350 e. The molecule has 0 spiro atoms. The van der Waals surface area contributed by atoms with Crippen LogP contribution in [0.4, 0.5) is 26.3 Å². The van der Waals surface area contributed by atoms with Gasteiger partial charge in [-0.3, -0.25) is 0 Å². The van der Waals surface area contributed by atoms with Crippen LogP contribution in [-0.2, 0) is 0 Å². The smallest absolute Gasteiger partial charge is 0.350 e. The molecule has 0 saturated carbocycles. The van der Waals surface area contributed by atoms with E-state index in [1.807, 2.05) is 0 Å². The lowest BCUT2D eigenvalue weighted by Gasteiger charge is -2.06. The van der Waals surface area contributed by atoms with Crippen molar-refractivity contribution in [3.8, 4) is 22.9 Å². The van der Waals surface area contributed by atoms with Gasteiger partial charge in [-0.05, 0) is 24.3 Å². The predicted molar refractivity (Wildman–Crippen MR) is 105 cm³/mol. The number of hydrogen-bond donors (Lipinski definition) is 0. The minimum absolute atomic E-state index is 0.0781. The van der Waals surface area contributed by atoms with E-state index in [1.165, 1.54) is 24.3 Å². The highest BCUT2D eigenvalue weighted by Crippen LogP contribution is 2.27. The summed E-state index contributed by atoms with van der Waals surface area (Å²) in [6.07, 6.45) is 0. The van der Waals surface area contributed by atoms with Gasteiger partial charge < -0.3 is 8.83 Å². The van der Waals surface area contributed by atoms with Gasteiger partial charge in [-0.15, -0.1) is 0 Å². The summed E-state index contributed by atoms with van der Waals surface area (Å²) in [6.45, 7) is 0. The molecule has 6 nitrogen and oxygen atoms in total. The summed E-state index contributed by atoms with van der Waals surface area (Å²) in [6, 6.07) is 5.52. The molecular weight excluding hydrogens is 470 g/mol. The molecule has 3 aromatic carbocycles. The van der Waals surface area contributed by atoms with Gasteiger partial charge in [0.1, 0.15) is 21.8 Å². The molecular formula is C22H6F6N2O4. The lowest BCUT2D eigenvalue weighted by Crippen LogP contribution is -2.08. The van der Waals surface area contributed by atoms with Gasteiger partial charge in [0.25, 0.3) is 0 Å². The first kappa shape index (κ1) is 21.4. The highest BCUT2D eigenvalue weighted by atomic mass is 19.2. The Balaban J connectivity index is 1.61. The van der Waals surface area contributed by atoms with Crippen LogP contribution in [0.5, 0.6) is 0 Å². The summed E-state index contributed by atoms with van der Waals surface area (Å²) in [5, 5.41) is -1.99. The van der Waals surface area contributed by atoms with Crippen LogP contribution in [0.15, 0.2) is 54.8 Å². The van der Waals surface area contributed by atoms with Gasteiger partial charge in [-0.25, -0.2) is 45.9 Å². The zero-order chi connectivity index (χ0) is 24.3. The molecule has 0 amide bonds. The Labute approximate surface area is 182 Å². The van der Waals surface area contributed by atoms with Crippen molar-refractivity contribution in [3.05, 3.63) is 92.1 Å². The minimum Gasteiger partial charge on any atom is -0.403 e. The summed E-state index contributed by atoms with van der Waals surface area (Å²) in [4.78, 5) is 31.7. The van der Waals surface area contributed by atoms with Crippen LogP contribution >= 0.6 is 0 Å². The Bertz CT molecular complexity index is 1630. The summed E-state index contributed by atoms with van der Waals surface area (Å²) >= 11 is 0. The van der Waals surface area contributed by atoms with Crippen molar-refractivity contribution in [1.82, 2.24) is 9.97 Å². The van der Waals surface area contributed by atoms with Crippen LogP contribution in [0.3, 0.4) is 0 Å². The second kappa shape index (κ2) is 7.54. The molecule has 0 N–H and O–H groups in total. The second-order valence-corrected chi connectivity index (χ2v) is 6.95. The summed E-state index contributed by atoms with van der Waals surface area (Å²) < 4.78 is 92.4. The van der Waals surface area contributed by atoms with E-state index in [1.54, 1.807) is 0 Å². The van der Waals surface area contributed by atoms with E-state index in [2.05, 4.69) is 9.97 Å². The first-order valence-corrected chi connectivity index (χ1v) is 9.23. The third-order valence-electron chi connectivity index (χ3n) is 4.88. The average molecular weight is 476 g/mol. The lowest BCUT2D eigenvalue weighted by molar-refractivity contribution is 0.483. The van der Waals surface area contributed by atoms with E-state index in [4.69, 9.17) is 8.83 Å². The van der Waals surface area contributed by atoms with Crippen molar-refractivity contribution in [2.75, 3.05) is 0 Å². The van der Waals surface area contributed by atoms with E-state index in [0.29, 0.717) is 0 Å². The van der Waals surface area contributed by atoms with E-state index in [-0.39, 0.29) is 23.3 Å². The normalized spacial score (nSPS) is 11.5. The molecule has 0 saturated heterocycles. The number of fused-ring (bicyclic) bond motifs is 2. The molecule has 34 heavy (non-hydrogen) atoms. The van der Waals surface area contributed by atoms with E-state index >= 15 is 0 Å². The molecule has 2 aromatic heterocycles. The molecule has 5 rings (SSSR count). The number of nitrogens with zero attached hydrogens (tertiary/aromatic N) is 2. The molecule has 0 aliphatic rings. The Morgan fingerprint density at radius 3 is 1.26 bits per heavy atom. The monoisotopic (exact) mass is 476 g/mol. The van der Waals surface area contributed by atoms with Gasteiger partial charge >= 0.3 is 11.3 Å². The second-order valence-electron chi connectivity index (χ2n) is 6.95. The molecule has 2 heterocycles. The van der Waals surface area contributed by atoms with Crippen LogP contribution in [0.1, 0.15) is 0 Å². The van der Waals surface area contributed by atoms with Crippen molar-refractivity contribution in [2.45, 2.75) is 0 Å². The number of halogens is 6. The Kier molecular flexibility index (Phi) is 4.74. The fourth-order valence-electron chi connectivity index (χ4n) is 3.29. The van der Waals surface area contributed by atoms with Gasteiger partial charge in [0.05, 0.1) is 0 Å². The molecule has 5 aromatic rings. The standard InChI is InChI=1S/C22H6F6N2O4/c23-9-5-11(25)17-13(15(9)27)21(31)33-19(29-17)7-1-2-8(4-3-7)20-30-18-12(26)6-10(24)16(28)14(18)22(32)34-20/h1-6H. The molecule has 0 aliphatic heterocycles. The van der Waals surface area contributed by atoms with E-state index in [9.17, 15) is 35.9 Å². The minimum atomic E-state index is -1.61. The molecule has 0 fully saturated rings. The first-order chi connectivity index (χ1) is 16.2. The Morgan fingerprint density at radius 2 is 0.912 bits per heavy atom. The molecule has 0 unspecified atom stereocenters. The zero-order valence-corrected chi connectivity index (χ0v) is 16.3. The SMILES string of the molecule is O=c1oc(-c2ccc(-c3nc4c(F)cc(F)c(F)c4c(=O)o3)cc2)nc2c(F)cc(F)c(F)c12. The molecule has 0 radical (unpaired) electrons. The van der Waals surface area contributed by atoms with Crippen LogP contribution in [0.2, 0.25) is 0 Å². The fraction of sp³-hybridized carbons (Fsp3) is 0. The van der Waals surface area contributed by atoms with E-state index in [0.717, 1.165) is 0 Å². The summed E-state index contributed by atoms with van der Waals surface area (Å²) in [5.74, 6) is -9.84. The van der Waals surface area contributed by atoms with Gasteiger partial charge in [-0.2, -0.15) is 0 Å². The summed E-state index contributed by atoms with van der Waals surface area (Å²) in [7, 11) is 0. The van der Waals surface area contributed by atoms with Crippen molar-refractivity contribution >= 4 is 21.8 Å². The number of aromatic nitrogens is 2. The number of rotatable bonds is 2. The maximum absolute atomic E-state index is 14.1. The van der Waals surface area contributed by atoms with Crippen LogP contribution in [0, 0.1) is 34.9 Å². The van der Waals surface area contributed by atoms with Crippen molar-refractivity contribution in [3.63, 3.8) is 0 Å². The summed E-state index contributed by atoms with van der Waals surface area (Å²) in [5.41, 5.74) is -4.08. The molecule has 0 aliphatic carbocycles.